The van der Waals surface area contributed by atoms with Crippen molar-refractivity contribution in [2.75, 3.05) is 20.2 Å². The second kappa shape index (κ2) is 14.8. The lowest BCUT2D eigenvalue weighted by Gasteiger charge is -2.27. The molecule has 7 rings (SSSR count). The van der Waals surface area contributed by atoms with Gasteiger partial charge < -0.3 is 26.0 Å². The molecule has 2 aromatic carbocycles. The molecule has 0 saturated carbocycles. The van der Waals surface area contributed by atoms with Crippen LogP contribution in [0.15, 0.2) is 60.7 Å². The highest BCUT2D eigenvalue weighted by atomic mass is 35.5. The predicted molar refractivity (Wildman–Crippen MR) is 193 cm³/mol. The zero-order valence-electron chi connectivity index (χ0n) is 27.5. The molecule has 2 amide bonds. The molecule has 1 aliphatic carbocycles. The van der Waals surface area contributed by atoms with Gasteiger partial charge in [0.25, 0.3) is 0 Å². The summed E-state index contributed by atoms with van der Waals surface area (Å²) < 4.78 is 5.66. The third kappa shape index (κ3) is 7.31. The number of amides is 2. The Morgan fingerprint density at radius 3 is 2.00 bits per heavy atom. The van der Waals surface area contributed by atoms with Gasteiger partial charge in [-0.1, -0.05) is 71.7 Å². The van der Waals surface area contributed by atoms with Gasteiger partial charge in [0.1, 0.15) is 0 Å². The van der Waals surface area contributed by atoms with Gasteiger partial charge in [-0.3, -0.25) is 14.6 Å². The smallest absolute Gasteiger partial charge is 0.220 e. The number of carbonyl (C=O) groups is 2. The zero-order valence-corrected chi connectivity index (χ0v) is 29.0. The number of benzene rings is 2. The van der Waals surface area contributed by atoms with E-state index >= 15 is 0 Å². The Morgan fingerprint density at radius 1 is 0.755 bits per heavy atom. The van der Waals surface area contributed by atoms with E-state index in [4.69, 9.17) is 37.9 Å². The number of methoxy groups -OCH3 is 1. The third-order valence-electron chi connectivity index (χ3n) is 9.75. The number of aromatic nitrogens is 2. The summed E-state index contributed by atoms with van der Waals surface area (Å²) in [5.74, 6) is 0.759. The fourth-order valence-corrected chi connectivity index (χ4v) is 7.80. The lowest BCUT2D eigenvalue weighted by atomic mass is 9.90. The molecule has 2 saturated heterocycles. The molecule has 49 heavy (non-hydrogen) atoms. The van der Waals surface area contributed by atoms with E-state index in [9.17, 15) is 9.59 Å². The molecule has 4 aromatic rings. The number of hydrogen-bond donors (Lipinski definition) is 4. The van der Waals surface area contributed by atoms with E-state index in [0.29, 0.717) is 47.6 Å². The minimum Gasteiger partial charge on any atom is -0.481 e. The van der Waals surface area contributed by atoms with E-state index in [-0.39, 0.29) is 29.9 Å². The van der Waals surface area contributed by atoms with Crippen molar-refractivity contribution in [1.29, 1.82) is 0 Å². The van der Waals surface area contributed by atoms with Crippen LogP contribution >= 0.6 is 23.2 Å². The van der Waals surface area contributed by atoms with Gasteiger partial charge in [0.15, 0.2) is 0 Å². The van der Waals surface area contributed by atoms with Gasteiger partial charge in [-0.25, -0.2) is 4.98 Å². The van der Waals surface area contributed by atoms with Crippen LogP contribution in [0.1, 0.15) is 61.4 Å². The number of nitrogens with zero attached hydrogens (tertiary/aromatic N) is 2. The van der Waals surface area contributed by atoms with Crippen molar-refractivity contribution >= 4 is 35.0 Å². The molecule has 0 spiro atoms. The molecular formula is C38H40Cl2N6O3. The van der Waals surface area contributed by atoms with E-state index in [1.165, 1.54) is 5.56 Å². The molecule has 4 heterocycles. The van der Waals surface area contributed by atoms with Gasteiger partial charge in [0.05, 0.1) is 28.5 Å². The molecule has 2 fully saturated rings. The lowest BCUT2D eigenvalue weighted by Crippen LogP contribution is -2.38. The van der Waals surface area contributed by atoms with Crippen LogP contribution in [0.5, 0.6) is 5.88 Å². The number of nitrogens with one attached hydrogen (secondary N) is 4. The van der Waals surface area contributed by atoms with Gasteiger partial charge in [-0.2, -0.15) is 0 Å². The number of rotatable bonds is 11. The summed E-state index contributed by atoms with van der Waals surface area (Å²) in [5, 5.41) is 14.2. The summed E-state index contributed by atoms with van der Waals surface area (Å²) in [5.41, 5.74) is 7.98. The van der Waals surface area contributed by atoms with Crippen LogP contribution in [-0.2, 0) is 22.6 Å². The van der Waals surface area contributed by atoms with Gasteiger partial charge in [-0.05, 0) is 49.8 Å². The number of halogens is 2. The van der Waals surface area contributed by atoms with Gasteiger partial charge in [0, 0.05) is 84.1 Å². The van der Waals surface area contributed by atoms with Crippen molar-refractivity contribution in [2.24, 2.45) is 0 Å². The third-order valence-corrected chi connectivity index (χ3v) is 10.6. The van der Waals surface area contributed by atoms with Crippen molar-refractivity contribution in [1.82, 2.24) is 31.2 Å². The van der Waals surface area contributed by atoms with Gasteiger partial charge in [-0.15, -0.1) is 0 Å². The topological polar surface area (TPSA) is 117 Å². The number of hydrogen-bond acceptors (Lipinski definition) is 7. The number of fused-ring (bicyclic) bond motifs is 1. The van der Waals surface area contributed by atoms with Crippen LogP contribution in [0.2, 0.25) is 10.0 Å². The Bertz CT molecular complexity index is 1880. The summed E-state index contributed by atoms with van der Waals surface area (Å²) in [6, 6.07) is 20.6. The molecule has 9 nitrogen and oxygen atoms in total. The van der Waals surface area contributed by atoms with Crippen molar-refractivity contribution in [3.8, 4) is 39.5 Å². The molecule has 0 bridgehead atoms. The first-order chi connectivity index (χ1) is 23.9. The SMILES string of the molecule is COc1nc(-c2cccc(-c3cccc(-c4ccc5c(n4)CCCC5NCC4CCC(=O)N4)c3Cl)c2Cl)ccc1CNCC1CCC(=O)N1. The molecule has 0 radical (unpaired) electrons. The van der Waals surface area contributed by atoms with E-state index < -0.39 is 0 Å². The van der Waals surface area contributed by atoms with Crippen LogP contribution in [0.3, 0.4) is 0 Å². The van der Waals surface area contributed by atoms with Crippen LogP contribution in [0, 0.1) is 0 Å². The summed E-state index contributed by atoms with van der Waals surface area (Å²) in [7, 11) is 1.61. The second-order valence-electron chi connectivity index (χ2n) is 13.0. The molecule has 3 unspecified atom stereocenters. The van der Waals surface area contributed by atoms with E-state index in [2.05, 4.69) is 33.4 Å². The Morgan fingerprint density at radius 2 is 1.37 bits per heavy atom. The molecule has 2 aromatic heterocycles. The minimum atomic E-state index is 0.105. The van der Waals surface area contributed by atoms with Crippen LogP contribution < -0.4 is 26.0 Å². The summed E-state index contributed by atoms with van der Waals surface area (Å²) in [6.07, 6.45) is 5.91. The van der Waals surface area contributed by atoms with Crippen molar-refractivity contribution in [2.45, 2.75) is 69.6 Å². The average molecular weight is 700 g/mol. The highest BCUT2D eigenvalue weighted by Gasteiger charge is 2.26. The van der Waals surface area contributed by atoms with Gasteiger partial charge in [0.2, 0.25) is 17.7 Å². The minimum absolute atomic E-state index is 0.105. The highest BCUT2D eigenvalue weighted by Crippen LogP contribution is 2.42. The van der Waals surface area contributed by atoms with Gasteiger partial charge >= 0.3 is 0 Å². The quantitative estimate of drug-likeness (QED) is 0.143. The largest absolute Gasteiger partial charge is 0.481 e. The molecule has 3 aliphatic rings. The monoisotopic (exact) mass is 698 g/mol. The second-order valence-corrected chi connectivity index (χ2v) is 13.8. The number of ether oxygens (including phenoxy) is 1. The van der Waals surface area contributed by atoms with E-state index in [0.717, 1.165) is 77.9 Å². The molecule has 11 heteroatoms. The Kier molecular flexibility index (Phi) is 10.1. The first-order valence-corrected chi connectivity index (χ1v) is 17.8. The van der Waals surface area contributed by atoms with Crippen LogP contribution in [-0.4, -0.2) is 54.1 Å². The predicted octanol–water partition coefficient (Wildman–Crippen LogP) is 6.41. The normalized spacial score (nSPS) is 20.2. The summed E-state index contributed by atoms with van der Waals surface area (Å²) >= 11 is 14.3. The van der Waals surface area contributed by atoms with Crippen LogP contribution in [0.4, 0.5) is 0 Å². The summed E-state index contributed by atoms with van der Waals surface area (Å²) in [4.78, 5) is 33.1. The molecular weight excluding hydrogens is 659 g/mol. The Labute approximate surface area is 296 Å². The number of pyridine rings is 2. The highest BCUT2D eigenvalue weighted by molar-refractivity contribution is 6.39. The lowest BCUT2D eigenvalue weighted by molar-refractivity contribution is -0.120. The maximum Gasteiger partial charge on any atom is 0.220 e. The summed E-state index contributed by atoms with van der Waals surface area (Å²) in [6.45, 7) is 2.01. The molecule has 2 aliphatic heterocycles. The molecule has 3 atom stereocenters. The van der Waals surface area contributed by atoms with Crippen molar-refractivity contribution in [3.63, 3.8) is 0 Å². The van der Waals surface area contributed by atoms with Crippen molar-refractivity contribution in [3.05, 3.63) is 87.5 Å². The number of carbonyl (C=O) groups excluding carboxylic acids is 2. The van der Waals surface area contributed by atoms with E-state index in [1.54, 1.807) is 7.11 Å². The van der Waals surface area contributed by atoms with Crippen molar-refractivity contribution < 1.29 is 14.3 Å². The van der Waals surface area contributed by atoms with Crippen LogP contribution in [0.25, 0.3) is 33.6 Å². The maximum atomic E-state index is 11.6. The Hall–Kier alpha value is -4.02. The molecule has 254 valence electrons. The molecule has 4 N–H and O–H groups in total. The maximum absolute atomic E-state index is 11.6. The number of aryl methyl sites for hydroxylation is 1. The average Bonchev–Trinajstić information content (AvgIpc) is 3.74. The first-order valence-electron chi connectivity index (χ1n) is 17.0. The fourth-order valence-electron chi connectivity index (χ4n) is 7.15. The van der Waals surface area contributed by atoms with E-state index in [1.807, 2.05) is 48.5 Å². The fraction of sp³-hybridized carbons (Fsp3) is 0.368. The first kappa shape index (κ1) is 33.5. The zero-order chi connectivity index (χ0) is 33.9. The Balaban J connectivity index is 1.10. The standard InChI is InChI=1S/C38H40Cl2N6O3/c1-49-38-22(19-41-20-23-12-17-34(47)43-23)11-15-33(46-38)29-8-3-6-26(37(29)40)25-5-2-7-28(36(25)39)32-16-14-27-30(9-4-10-31(27)45-32)42-21-24-13-18-35(48)44-24/h2-3,5-8,11,14-16,23-24,30,41-42H,4,9-10,12-13,17-21H2,1H3,(H,43,47)(H,44,48).